The number of piperidine rings is 1. The highest BCUT2D eigenvalue weighted by molar-refractivity contribution is 7.89. The average molecular weight is 534 g/mol. The third-order valence-electron chi connectivity index (χ3n) is 7.98. The maximum atomic E-state index is 13.2. The predicted octanol–water partition coefficient (Wildman–Crippen LogP) is 5.78. The van der Waals surface area contributed by atoms with Gasteiger partial charge in [-0.05, 0) is 81.5 Å². The topological polar surface area (TPSA) is 43.9 Å². The largest absolute Gasteiger partial charge is 0.303 e. The van der Waals surface area contributed by atoms with Gasteiger partial charge in [0.1, 0.15) is 0 Å². The van der Waals surface area contributed by atoms with Crippen LogP contribution in [-0.4, -0.2) is 68.3 Å². The van der Waals surface area contributed by atoms with Gasteiger partial charge in [-0.3, -0.25) is 4.90 Å². The molecule has 0 N–H and O–H groups in total. The SMILES string of the molecule is CCN(Cc1ccc(C)cc1)C1CCN(CCC(CN(C)S(=O)(=O)c2ccccc2)c2ccccc2)CC1. The molecule has 1 aliphatic rings. The van der Waals surface area contributed by atoms with Crippen molar-refractivity contribution < 1.29 is 8.42 Å². The van der Waals surface area contributed by atoms with Crippen molar-refractivity contribution >= 4 is 10.0 Å². The molecule has 0 bridgehead atoms. The first kappa shape index (κ1) is 28.5. The van der Waals surface area contributed by atoms with Crippen LogP contribution in [0.4, 0.5) is 0 Å². The van der Waals surface area contributed by atoms with Gasteiger partial charge in [0.25, 0.3) is 0 Å². The number of sulfonamides is 1. The first-order valence-electron chi connectivity index (χ1n) is 13.9. The molecule has 38 heavy (non-hydrogen) atoms. The second-order valence-electron chi connectivity index (χ2n) is 10.6. The van der Waals surface area contributed by atoms with E-state index in [4.69, 9.17) is 0 Å². The molecule has 3 aromatic carbocycles. The molecule has 0 spiro atoms. The molecule has 1 aliphatic heterocycles. The summed E-state index contributed by atoms with van der Waals surface area (Å²) in [6, 6.07) is 28.7. The minimum atomic E-state index is -3.52. The van der Waals surface area contributed by atoms with E-state index >= 15 is 0 Å². The highest BCUT2D eigenvalue weighted by Crippen LogP contribution is 2.26. The lowest BCUT2D eigenvalue weighted by Gasteiger charge is -2.38. The number of nitrogens with zero attached hydrogens (tertiary/aromatic N) is 3. The van der Waals surface area contributed by atoms with E-state index in [2.05, 4.69) is 60.0 Å². The quantitative estimate of drug-likeness (QED) is 0.296. The van der Waals surface area contributed by atoms with Crippen molar-refractivity contribution in [1.29, 1.82) is 0 Å². The van der Waals surface area contributed by atoms with Crippen LogP contribution in [-0.2, 0) is 16.6 Å². The van der Waals surface area contributed by atoms with Gasteiger partial charge in [0.15, 0.2) is 0 Å². The Bertz CT molecular complexity index is 1210. The lowest BCUT2D eigenvalue weighted by atomic mass is 9.94. The van der Waals surface area contributed by atoms with Crippen molar-refractivity contribution in [2.75, 3.05) is 39.8 Å². The molecule has 0 saturated carbocycles. The van der Waals surface area contributed by atoms with E-state index < -0.39 is 10.0 Å². The monoisotopic (exact) mass is 533 g/mol. The van der Waals surface area contributed by atoms with Crippen LogP contribution >= 0.6 is 0 Å². The Balaban J connectivity index is 1.34. The molecule has 6 heteroatoms. The van der Waals surface area contributed by atoms with E-state index in [1.165, 1.54) is 33.8 Å². The molecule has 0 aliphatic carbocycles. The minimum absolute atomic E-state index is 0.145. The van der Waals surface area contributed by atoms with Crippen LogP contribution < -0.4 is 0 Å². The normalized spacial score (nSPS) is 16.2. The van der Waals surface area contributed by atoms with Crippen LogP contribution in [0, 0.1) is 6.92 Å². The summed E-state index contributed by atoms with van der Waals surface area (Å²) in [5, 5.41) is 0. The fourth-order valence-electron chi connectivity index (χ4n) is 5.54. The van der Waals surface area contributed by atoms with Crippen molar-refractivity contribution in [1.82, 2.24) is 14.1 Å². The van der Waals surface area contributed by atoms with E-state index in [0.717, 1.165) is 39.1 Å². The fraction of sp³-hybridized carbons (Fsp3) is 0.438. The second kappa shape index (κ2) is 13.5. The maximum Gasteiger partial charge on any atom is 0.242 e. The van der Waals surface area contributed by atoms with Gasteiger partial charge in [-0.2, -0.15) is 0 Å². The molecule has 204 valence electrons. The van der Waals surface area contributed by atoms with Crippen molar-refractivity contribution in [3.05, 3.63) is 102 Å². The van der Waals surface area contributed by atoms with E-state index in [1.807, 2.05) is 24.3 Å². The molecule has 5 nitrogen and oxygen atoms in total. The summed E-state index contributed by atoms with van der Waals surface area (Å²) in [7, 11) is -1.81. The molecule has 1 atom stereocenters. The summed E-state index contributed by atoms with van der Waals surface area (Å²) in [5.74, 6) is 0.145. The Kier molecular flexibility index (Phi) is 10.1. The molecular formula is C32H43N3O2S. The van der Waals surface area contributed by atoms with E-state index in [-0.39, 0.29) is 5.92 Å². The molecule has 3 aromatic rings. The number of rotatable bonds is 12. The average Bonchev–Trinajstić information content (AvgIpc) is 2.96. The van der Waals surface area contributed by atoms with Crippen LogP contribution in [0.15, 0.2) is 89.8 Å². The lowest BCUT2D eigenvalue weighted by Crippen LogP contribution is -2.45. The third-order valence-corrected chi connectivity index (χ3v) is 9.82. The molecule has 1 saturated heterocycles. The number of hydrogen-bond acceptors (Lipinski definition) is 4. The van der Waals surface area contributed by atoms with Crippen LogP contribution in [0.3, 0.4) is 0 Å². The summed E-state index contributed by atoms with van der Waals surface area (Å²) >= 11 is 0. The van der Waals surface area contributed by atoms with Gasteiger partial charge in [-0.1, -0.05) is 85.3 Å². The van der Waals surface area contributed by atoms with Gasteiger partial charge in [-0.25, -0.2) is 12.7 Å². The minimum Gasteiger partial charge on any atom is -0.303 e. The highest BCUT2D eigenvalue weighted by atomic mass is 32.2. The zero-order valence-corrected chi connectivity index (χ0v) is 24.0. The van der Waals surface area contributed by atoms with Crippen molar-refractivity contribution in [2.24, 2.45) is 0 Å². The highest BCUT2D eigenvalue weighted by Gasteiger charge is 2.27. The van der Waals surface area contributed by atoms with Gasteiger partial charge in [0.2, 0.25) is 10.0 Å². The van der Waals surface area contributed by atoms with E-state index in [9.17, 15) is 8.42 Å². The molecular weight excluding hydrogens is 490 g/mol. The molecule has 1 heterocycles. The van der Waals surface area contributed by atoms with Crippen LogP contribution in [0.1, 0.15) is 48.8 Å². The van der Waals surface area contributed by atoms with Gasteiger partial charge < -0.3 is 4.90 Å². The van der Waals surface area contributed by atoms with Crippen LogP contribution in [0.25, 0.3) is 0 Å². The number of likely N-dealkylation sites (tertiary alicyclic amines) is 1. The van der Waals surface area contributed by atoms with Gasteiger partial charge in [0, 0.05) is 26.2 Å². The van der Waals surface area contributed by atoms with E-state index in [1.54, 1.807) is 31.3 Å². The van der Waals surface area contributed by atoms with Gasteiger partial charge >= 0.3 is 0 Å². The van der Waals surface area contributed by atoms with Crippen LogP contribution in [0.5, 0.6) is 0 Å². The standard InChI is InChI=1S/C32H43N3O2S/c1-4-35(25-28-17-15-27(2)16-18-28)31-20-23-34(24-21-31)22-19-30(29-11-7-5-8-12-29)26-33(3)38(36,37)32-13-9-6-10-14-32/h5-18,30-31H,4,19-26H2,1-3H3. The van der Waals surface area contributed by atoms with Crippen molar-refractivity contribution in [3.63, 3.8) is 0 Å². The van der Waals surface area contributed by atoms with Crippen molar-refractivity contribution in [3.8, 4) is 0 Å². The number of hydrogen-bond donors (Lipinski definition) is 0. The predicted molar refractivity (Wildman–Crippen MR) is 157 cm³/mol. The van der Waals surface area contributed by atoms with Crippen molar-refractivity contribution in [2.45, 2.75) is 56.5 Å². The molecule has 1 fully saturated rings. The summed E-state index contributed by atoms with van der Waals surface area (Å²) in [6.45, 7) is 10.1. The Morgan fingerprint density at radius 3 is 2.11 bits per heavy atom. The zero-order chi connectivity index (χ0) is 27.0. The zero-order valence-electron chi connectivity index (χ0n) is 23.2. The fourth-order valence-corrected chi connectivity index (χ4v) is 6.78. The van der Waals surface area contributed by atoms with E-state index in [0.29, 0.717) is 17.5 Å². The summed E-state index contributed by atoms with van der Waals surface area (Å²) in [4.78, 5) is 5.54. The third kappa shape index (κ3) is 7.54. The number of aryl methyl sites for hydroxylation is 1. The first-order chi connectivity index (χ1) is 18.4. The Morgan fingerprint density at radius 1 is 0.895 bits per heavy atom. The summed E-state index contributed by atoms with van der Waals surface area (Å²) in [5.41, 5.74) is 3.90. The Morgan fingerprint density at radius 2 is 1.50 bits per heavy atom. The molecule has 0 aromatic heterocycles. The molecule has 4 rings (SSSR count). The molecule has 0 radical (unpaired) electrons. The summed E-state index contributed by atoms with van der Waals surface area (Å²) < 4.78 is 27.9. The van der Waals surface area contributed by atoms with Crippen LogP contribution in [0.2, 0.25) is 0 Å². The van der Waals surface area contributed by atoms with Gasteiger partial charge in [-0.15, -0.1) is 0 Å². The molecule has 0 amide bonds. The Hall–Kier alpha value is -2.51. The lowest BCUT2D eigenvalue weighted by molar-refractivity contribution is 0.105. The Labute approximate surface area is 230 Å². The first-order valence-corrected chi connectivity index (χ1v) is 15.4. The molecule has 1 unspecified atom stereocenters. The smallest absolute Gasteiger partial charge is 0.242 e. The summed E-state index contributed by atoms with van der Waals surface area (Å²) in [6.07, 6.45) is 3.29. The number of likely N-dealkylation sites (N-methyl/N-ethyl adjacent to an activating group) is 1. The number of benzene rings is 3. The second-order valence-corrected chi connectivity index (χ2v) is 12.7. The van der Waals surface area contributed by atoms with Gasteiger partial charge in [0.05, 0.1) is 4.90 Å². The maximum absolute atomic E-state index is 13.2.